The van der Waals surface area contributed by atoms with E-state index >= 15 is 0 Å². The lowest BCUT2D eigenvalue weighted by Crippen LogP contribution is -2.21. The van der Waals surface area contributed by atoms with Gasteiger partial charge in [0.2, 0.25) is 0 Å². The van der Waals surface area contributed by atoms with Gasteiger partial charge in [0.05, 0.1) is 33.9 Å². The van der Waals surface area contributed by atoms with E-state index in [2.05, 4.69) is 20.8 Å². The third-order valence-electron chi connectivity index (χ3n) is 6.94. The van der Waals surface area contributed by atoms with Gasteiger partial charge in [-0.1, -0.05) is 47.1 Å². The lowest BCUT2D eigenvalue weighted by Gasteiger charge is -2.12. The summed E-state index contributed by atoms with van der Waals surface area (Å²) in [5, 5.41) is 19.0. The van der Waals surface area contributed by atoms with Crippen molar-refractivity contribution in [1.82, 2.24) is 0 Å². The van der Waals surface area contributed by atoms with Crippen LogP contribution in [0.15, 0.2) is 141 Å². The van der Waals surface area contributed by atoms with Crippen molar-refractivity contribution in [3.8, 4) is 0 Å². The van der Waals surface area contributed by atoms with Crippen molar-refractivity contribution in [2.45, 2.75) is 23.6 Å². The third kappa shape index (κ3) is 6.81. The summed E-state index contributed by atoms with van der Waals surface area (Å²) in [7, 11) is 0. The first-order valence-corrected chi connectivity index (χ1v) is 15.4. The zero-order valence-electron chi connectivity index (χ0n) is 24.2. The highest BCUT2D eigenvalue weighted by Crippen LogP contribution is 2.31. The van der Waals surface area contributed by atoms with Crippen molar-refractivity contribution >= 4 is 81.0 Å². The second kappa shape index (κ2) is 13.0. The highest BCUT2D eigenvalue weighted by Gasteiger charge is 2.30. The monoisotopic (exact) mass is 652 g/mol. The molecule has 0 atom stereocenters. The molecular formula is C34H26Cl2N6O2S. The van der Waals surface area contributed by atoms with Crippen LogP contribution < -0.4 is 20.7 Å². The topological polar surface area (TPSA) is 89.4 Å². The summed E-state index contributed by atoms with van der Waals surface area (Å²) in [5.41, 5.74) is 5.12. The molecule has 6 rings (SSSR count). The fourth-order valence-electron chi connectivity index (χ4n) is 4.62. The molecule has 2 amide bonds. The van der Waals surface area contributed by atoms with E-state index in [9.17, 15) is 9.59 Å². The van der Waals surface area contributed by atoms with Crippen molar-refractivity contribution in [3.05, 3.63) is 131 Å². The van der Waals surface area contributed by atoms with E-state index in [4.69, 9.17) is 23.2 Å². The lowest BCUT2D eigenvalue weighted by molar-refractivity contribution is -0.115. The van der Waals surface area contributed by atoms with Crippen LogP contribution in [-0.4, -0.2) is 23.2 Å². The fraction of sp³-hybridized carbons (Fsp3) is 0.0588. The molecule has 4 aromatic rings. The van der Waals surface area contributed by atoms with Crippen LogP contribution in [0.2, 0.25) is 10.0 Å². The number of anilines is 4. The van der Waals surface area contributed by atoms with E-state index < -0.39 is 0 Å². The molecule has 8 nitrogen and oxygen atoms in total. The summed E-state index contributed by atoms with van der Waals surface area (Å²) in [5.74, 6) is -0.442. The molecule has 0 aliphatic carbocycles. The highest BCUT2D eigenvalue weighted by atomic mass is 35.5. The number of amides is 2. The summed E-state index contributed by atoms with van der Waals surface area (Å²) in [6.07, 6.45) is 3.35. The van der Waals surface area contributed by atoms with Crippen LogP contribution in [0.25, 0.3) is 0 Å². The Morgan fingerprint density at radius 3 is 1.40 bits per heavy atom. The number of carbonyl (C=O) groups is 2. The molecule has 0 bridgehead atoms. The second-order valence-corrected chi connectivity index (χ2v) is 12.1. The number of rotatable bonds is 8. The Kier molecular flexibility index (Phi) is 8.75. The van der Waals surface area contributed by atoms with Crippen LogP contribution in [0.4, 0.5) is 22.7 Å². The summed E-state index contributed by atoms with van der Waals surface area (Å²) < 4.78 is 0. The zero-order chi connectivity index (χ0) is 31.5. The van der Waals surface area contributed by atoms with Gasteiger partial charge in [-0.2, -0.15) is 20.2 Å². The first-order valence-electron chi connectivity index (χ1n) is 13.9. The molecule has 2 heterocycles. The van der Waals surface area contributed by atoms with Gasteiger partial charge in [0.1, 0.15) is 0 Å². The summed E-state index contributed by atoms with van der Waals surface area (Å²) >= 11 is 13.8. The Labute approximate surface area is 274 Å². The number of benzene rings is 4. The molecule has 2 aliphatic rings. The standard InChI is InChI=1S/C34H26Cl2N6O2S/c1-21-31(33(43)41(39-21)27-7-3-5-23(35)17-27)19-37-25-9-13-29(14-10-25)45-30-15-11-26(12-16-30)38-20-32-22(2)40-42(34(32)44)28-8-4-6-24(36)18-28/h3-20,37-38H,1-2H3/b31-19-,32-20+. The van der Waals surface area contributed by atoms with Crippen LogP contribution in [0.3, 0.4) is 0 Å². The minimum atomic E-state index is -0.221. The van der Waals surface area contributed by atoms with Gasteiger partial charge in [-0.3, -0.25) is 9.59 Å². The SMILES string of the molecule is CC1=NN(c2cccc(Cl)c2)C(=O)/C1=C\Nc1ccc(Sc2ccc(N/C=C3/C(=O)N(c4cccc(Cl)c4)N=C3C)cc2)cc1. The van der Waals surface area contributed by atoms with Crippen molar-refractivity contribution in [1.29, 1.82) is 0 Å². The molecule has 0 radical (unpaired) electrons. The summed E-state index contributed by atoms with van der Waals surface area (Å²) in [4.78, 5) is 28.0. The van der Waals surface area contributed by atoms with Crippen LogP contribution >= 0.6 is 35.0 Å². The van der Waals surface area contributed by atoms with Gasteiger partial charge in [-0.05, 0) is 98.8 Å². The minimum Gasteiger partial charge on any atom is -0.361 e. The molecular weight excluding hydrogens is 627 g/mol. The van der Waals surface area contributed by atoms with Gasteiger partial charge in [0, 0.05) is 43.6 Å². The Hall–Kier alpha value is -4.83. The van der Waals surface area contributed by atoms with Crippen molar-refractivity contribution < 1.29 is 9.59 Å². The van der Waals surface area contributed by atoms with Gasteiger partial charge < -0.3 is 10.6 Å². The normalized spacial score (nSPS) is 16.4. The van der Waals surface area contributed by atoms with Crippen molar-refractivity contribution in [2.75, 3.05) is 20.7 Å². The maximum absolute atomic E-state index is 13.0. The van der Waals surface area contributed by atoms with Gasteiger partial charge in [0.15, 0.2) is 0 Å². The largest absolute Gasteiger partial charge is 0.361 e. The van der Waals surface area contributed by atoms with Crippen LogP contribution in [0.5, 0.6) is 0 Å². The maximum atomic E-state index is 13.0. The van der Waals surface area contributed by atoms with Gasteiger partial charge >= 0.3 is 0 Å². The molecule has 45 heavy (non-hydrogen) atoms. The van der Waals surface area contributed by atoms with E-state index in [1.807, 2.05) is 48.5 Å². The molecule has 0 saturated carbocycles. The smallest absolute Gasteiger partial charge is 0.282 e. The quantitative estimate of drug-likeness (QED) is 0.186. The number of nitrogens with one attached hydrogen (secondary N) is 2. The maximum Gasteiger partial charge on any atom is 0.282 e. The minimum absolute atomic E-state index is 0.221. The number of halogens is 2. The average molecular weight is 654 g/mol. The van der Waals surface area contributed by atoms with E-state index in [1.54, 1.807) is 86.5 Å². The first-order chi connectivity index (χ1) is 21.7. The predicted octanol–water partition coefficient (Wildman–Crippen LogP) is 8.58. The number of hydrogen-bond donors (Lipinski definition) is 2. The molecule has 224 valence electrons. The van der Waals surface area contributed by atoms with Gasteiger partial charge in [-0.15, -0.1) is 0 Å². The van der Waals surface area contributed by atoms with E-state index in [0.29, 0.717) is 44.0 Å². The highest BCUT2D eigenvalue weighted by molar-refractivity contribution is 7.99. The first kappa shape index (κ1) is 30.2. The Bertz CT molecular complexity index is 1780. The Morgan fingerprint density at radius 2 is 1.02 bits per heavy atom. The lowest BCUT2D eigenvalue weighted by atomic mass is 10.2. The molecule has 0 fully saturated rings. The molecule has 2 N–H and O–H groups in total. The number of hydrogen-bond acceptors (Lipinski definition) is 7. The predicted molar refractivity (Wildman–Crippen MR) is 185 cm³/mol. The van der Waals surface area contributed by atoms with E-state index in [1.165, 1.54) is 10.0 Å². The summed E-state index contributed by atoms with van der Waals surface area (Å²) in [6.45, 7) is 3.60. The molecule has 0 aromatic heterocycles. The zero-order valence-corrected chi connectivity index (χ0v) is 26.5. The van der Waals surface area contributed by atoms with Crippen LogP contribution in [0, 0.1) is 0 Å². The molecule has 2 aliphatic heterocycles. The molecule has 0 unspecified atom stereocenters. The molecule has 11 heteroatoms. The van der Waals surface area contributed by atoms with E-state index in [0.717, 1.165) is 21.2 Å². The molecule has 0 spiro atoms. The van der Waals surface area contributed by atoms with Crippen LogP contribution in [-0.2, 0) is 9.59 Å². The van der Waals surface area contributed by atoms with Crippen molar-refractivity contribution in [2.24, 2.45) is 10.2 Å². The van der Waals surface area contributed by atoms with Crippen LogP contribution in [0.1, 0.15) is 13.8 Å². The third-order valence-corrected chi connectivity index (χ3v) is 8.43. The number of hydrazone groups is 2. The second-order valence-electron chi connectivity index (χ2n) is 10.1. The molecule has 0 saturated heterocycles. The molecule has 4 aromatic carbocycles. The number of carbonyl (C=O) groups excluding carboxylic acids is 2. The average Bonchev–Trinajstić information content (AvgIpc) is 3.49. The van der Waals surface area contributed by atoms with Gasteiger partial charge in [0.25, 0.3) is 11.8 Å². The van der Waals surface area contributed by atoms with Gasteiger partial charge in [-0.25, -0.2) is 0 Å². The number of nitrogens with zero attached hydrogens (tertiary/aromatic N) is 4. The summed E-state index contributed by atoms with van der Waals surface area (Å²) in [6, 6.07) is 29.9. The Morgan fingerprint density at radius 1 is 0.622 bits per heavy atom. The van der Waals surface area contributed by atoms with Crippen molar-refractivity contribution in [3.63, 3.8) is 0 Å². The Balaban J connectivity index is 1.04. The van der Waals surface area contributed by atoms with E-state index in [-0.39, 0.29) is 11.8 Å². The fourth-order valence-corrected chi connectivity index (χ4v) is 5.81.